The summed E-state index contributed by atoms with van der Waals surface area (Å²) in [5, 5.41) is 10.3. The molecule has 1 N–H and O–H groups in total. The maximum Gasteiger partial charge on any atom is 0.311 e. The molecular formula is C20H23ClO4. The van der Waals surface area contributed by atoms with E-state index < -0.39 is 11.9 Å². The minimum Gasteiger partial charge on any atom is -0.497 e. The molecular weight excluding hydrogens is 340 g/mol. The van der Waals surface area contributed by atoms with Crippen molar-refractivity contribution in [1.82, 2.24) is 0 Å². The summed E-state index contributed by atoms with van der Waals surface area (Å²) in [7, 11) is 1.58. The van der Waals surface area contributed by atoms with Gasteiger partial charge in [-0.25, -0.2) is 0 Å². The van der Waals surface area contributed by atoms with Crippen LogP contribution in [0.2, 0.25) is 5.02 Å². The van der Waals surface area contributed by atoms with Gasteiger partial charge in [-0.05, 0) is 54.3 Å². The van der Waals surface area contributed by atoms with E-state index in [1.54, 1.807) is 49.6 Å². The topological polar surface area (TPSA) is 55.8 Å². The van der Waals surface area contributed by atoms with Gasteiger partial charge in [-0.15, -0.1) is 0 Å². The minimum atomic E-state index is -0.885. The molecule has 0 aliphatic heterocycles. The largest absolute Gasteiger partial charge is 0.497 e. The fraction of sp³-hybridized carbons (Fsp3) is 0.350. The molecule has 0 fully saturated rings. The number of methoxy groups -OCH3 is 1. The smallest absolute Gasteiger partial charge is 0.311 e. The lowest BCUT2D eigenvalue weighted by atomic mass is 9.91. The zero-order valence-corrected chi connectivity index (χ0v) is 15.3. The zero-order valence-electron chi connectivity index (χ0n) is 14.5. The van der Waals surface area contributed by atoms with Crippen molar-refractivity contribution in [2.75, 3.05) is 13.7 Å². The van der Waals surface area contributed by atoms with Crippen LogP contribution in [0.25, 0.3) is 0 Å². The number of ether oxygens (including phenoxy) is 2. The van der Waals surface area contributed by atoms with E-state index in [9.17, 15) is 9.90 Å². The van der Waals surface area contributed by atoms with Gasteiger partial charge in [0, 0.05) is 5.02 Å². The predicted molar refractivity (Wildman–Crippen MR) is 98.9 cm³/mol. The number of unbranched alkanes of at least 4 members (excludes halogenated alkanes) is 1. The van der Waals surface area contributed by atoms with Crippen LogP contribution in [-0.2, 0) is 11.2 Å². The summed E-state index contributed by atoms with van der Waals surface area (Å²) < 4.78 is 10.9. The van der Waals surface area contributed by atoms with Gasteiger partial charge in [0.05, 0.1) is 19.6 Å². The summed E-state index contributed by atoms with van der Waals surface area (Å²) in [5.74, 6) is -0.181. The van der Waals surface area contributed by atoms with E-state index in [1.165, 1.54) is 0 Å². The third kappa shape index (κ3) is 5.40. The molecule has 1 atom stereocenters. The van der Waals surface area contributed by atoms with E-state index in [1.807, 2.05) is 0 Å². The first-order valence-electron chi connectivity index (χ1n) is 8.33. The van der Waals surface area contributed by atoms with Gasteiger partial charge in [0.1, 0.15) is 11.5 Å². The zero-order chi connectivity index (χ0) is 18.2. The van der Waals surface area contributed by atoms with E-state index in [0.717, 1.165) is 18.4 Å². The monoisotopic (exact) mass is 362 g/mol. The summed E-state index contributed by atoms with van der Waals surface area (Å²) in [6.45, 7) is 2.70. The van der Waals surface area contributed by atoms with Crippen LogP contribution >= 0.6 is 11.6 Å². The molecule has 0 amide bonds. The average molecular weight is 363 g/mol. The molecule has 0 heterocycles. The number of rotatable bonds is 9. The van der Waals surface area contributed by atoms with Gasteiger partial charge >= 0.3 is 5.97 Å². The van der Waals surface area contributed by atoms with Gasteiger partial charge in [-0.1, -0.05) is 37.1 Å². The highest BCUT2D eigenvalue weighted by atomic mass is 35.5. The molecule has 4 nitrogen and oxygen atoms in total. The molecule has 0 spiro atoms. The Kier molecular flexibility index (Phi) is 7.14. The van der Waals surface area contributed by atoms with Gasteiger partial charge in [-0.3, -0.25) is 4.79 Å². The Balaban J connectivity index is 2.26. The molecule has 0 aliphatic carbocycles. The lowest BCUT2D eigenvalue weighted by molar-refractivity contribution is -0.138. The van der Waals surface area contributed by atoms with Gasteiger partial charge in [0.15, 0.2) is 0 Å². The summed E-state index contributed by atoms with van der Waals surface area (Å²) >= 11 is 6.11. The van der Waals surface area contributed by atoms with Crippen molar-refractivity contribution >= 4 is 17.6 Å². The summed E-state index contributed by atoms with van der Waals surface area (Å²) in [5.41, 5.74) is 1.51. The number of carboxylic acids is 1. The lowest BCUT2D eigenvalue weighted by Gasteiger charge is -2.17. The number of hydrogen-bond donors (Lipinski definition) is 1. The predicted octanol–water partition coefficient (Wildman–Crippen LogP) is 4.94. The second kappa shape index (κ2) is 9.33. The molecule has 2 aromatic rings. The molecule has 0 aliphatic rings. The average Bonchev–Trinajstić information content (AvgIpc) is 2.61. The minimum absolute atomic E-state index is 0.309. The molecule has 134 valence electrons. The van der Waals surface area contributed by atoms with Crippen LogP contribution in [0, 0.1) is 0 Å². The van der Waals surface area contributed by atoms with Crippen molar-refractivity contribution in [2.45, 2.75) is 32.1 Å². The second-order valence-electron chi connectivity index (χ2n) is 5.82. The van der Waals surface area contributed by atoms with Crippen LogP contribution in [-0.4, -0.2) is 24.8 Å². The SMILES string of the molecule is CCCCOc1ccc(Cl)cc1CC(C(=O)O)c1ccc(OC)cc1. The third-order valence-electron chi connectivity index (χ3n) is 4.02. The number of benzene rings is 2. The van der Waals surface area contributed by atoms with E-state index >= 15 is 0 Å². The van der Waals surface area contributed by atoms with Crippen LogP contribution < -0.4 is 9.47 Å². The Bertz CT molecular complexity index is 697. The number of halogens is 1. The van der Waals surface area contributed by atoms with E-state index in [-0.39, 0.29) is 0 Å². The van der Waals surface area contributed by atoms with Crippen LogP contribution in [0.1, 0.15) is 36.8 Å². The van der Waals surface area contributed by atoms with Gasteiger partial charge in [0.25, 0.3) is 0 Å². The van der Waals surface area contributed by atoms with Crippen LogP contribution in [0.5, 0.6) is 11.5 Å². The molecule has 0 bridgehead atoms. The van der Waals surface area contributed by atoms with Crippen molar-refractivity contribution < 1.29 is 19.4 Å². The Hall–Kier alpha value is -2.20. The van der Waals surface area contributed by atoms with Crippen molar-refractivity contribution in [3.8, 4) is 11.5 Å². The fourth-order valence-electron chi connectivity index (χ4n) is 2.58. The number of aliphatic carboxylic acids is 1. The quantitative estimate of drug-likeness (QED) is 0.642. The summed E-state index contributed by atoms with van der Waals surface area (Å²) in [4.78, 5) is 11.8. The van der Waals surface area contributed by atoms with Gasteiger partial charge < -0.3 is 14.6 Å². The number of carbonyl (C=O) groups is 1. The van der Waals surface area contributed by atoms with Crippen molar-refractivity contribution in [3.63, 3.8) is 0 Å². The molecule has 0 saturated heterocycles. The van der Waals surface area contributed by atoms with Gasteiger partial charge in [-0.2, -0.15) is 0 Å². The first kappa shape index (κ1) is 19.1. The first-order valence-corrected chi connectivity index (χ1v) is 8.71. The van der Waals surface area contributed by atoms with Crippen molar-refractivity contribution in [3.05, 3.63) is 58.6 Å². The van der Waals surface area contributed by atoms with Crippen molar-refractivity contribution in [2.24, 2.45) is 0 Å². The summed E-state index contributed by atoms with van der Waals surface area (Å²) in [6, 6.07) is 12.4. The highest BCUT2D eigenvalue weighted by Gasteiger charge is 2.22. The van der Waals surface area contributed by atoms with E-state index in [0.29, 0.717) is 35.1 Å². The second-order valence-corrected chi connectivity index (χ2v) is 6.26. The van der Waals surface area contributed by atoms with Crippen molar-refractivity contribution in [1.29, 1.82) is 0 Å². The molecule has 0 aromatic heterocycles. The third-order valence-corrected chi connectivity index (χ3v) is 4.25. The number of carboxylic acid groups (broad SMARTS) is 1. The maximum absolute atomic E-state index is 11.8. The molecule has 5 heteroatoms. The first-order chi connectivity index (χ1) is 12.0. The lowest BCUT2D eigenvalue weighted by Crippen LogP contribution is -2.15. The van der Waals surface area contributed by atoms with Crippen LogP contribution in [0.15, 0.2) is 42.5 Å². The highest BCUT2D eigenvalue weighted by molar-refractivity contribution is 6.30. The Morgan fingerprint density at radius 3 is 2.52 bits per heavy atom. The standard InChI is InChI=1S/C20H23ClO4/c1-3-4-11-25-19-10-7-16(21)12-15(19)13-18(20(22)23)14-5-8-17(24-2)9-6-14/h5-10,12,18H,3-4,11,13H2,1-2H3,(H,22,23). The molecule has 2 rings (SSSR count). The van der Waals surface area contributed by atoms with E-state index in [2.05, 4.69) is 6.92 Å². The van der Waals surface area contributed by atoms with E-state index in [4.69, 9.17) is 21.1 Å². The Morgan fingerprint density at radius 2 is 1.92 bits per heavy atom. The van der Waals surface area contributed by atoms with Crippen LogP contribution in [0.4, 0.5) is 0 Å². The molecule has 2 aromatic carbocycles. The fourth-order valence-corrected chi connectivity index (χ4v) is 2.77. The molecule has 0 radical (unpaired) electrons. The van der Waals surface area contributed by atoms with Gasteiger partial charge in [0.2, 0.25) is 0 Å². The molecule has 0 saturated carbocycles. The van der Waals surface area contributed by atoms with Crippen LogP contribution in [0.3, 0.4) is 0 Å². The Morgan fingerprint density at radius 1 is 1.20 bits per heavy atom. The Labute approximate surface area is 153 Å². The summed E-state index contributed by atoms with van der Waals surface area (Å²) in [6.07, 6.45) is 2.29. The highest BCUT2D eigenvalue weighted by Crippen LogP contribution is 2.30. The molecule has 1 unspecified atom stereocenters. The maximum atomic E-state index is 11.8. The normalized spacial score (nSPS) is 11.8. The molecule has 25 heavy (non-hydrogen) atoms. The number of hydrogen-bond acceptors (Lipinski definition) is 3.